The van der Waals surface area contributed by atoms with Gasteiger partial charge in [-0.2, -0.15) is 0 Å². The quantitative estimate of drug-likeness (QED) is 0.807. The largest absolute Gasteiger partial charge is 0.329 e. The smallest absolute Gasteiger partial charge is 0.274 e. The fraction of sp³-hybridized carbons (Fsp3) is 0.308. The Kier molecular flexibility index (Phi) is 3.14. The third kappa shape index (κ3) is 2.29. The molecule has 0 aliphatic carbocycles. The molecular formula is C13H13N5O. The van der Waals surface area contributed by atoms with Crippen LogP contribution in [0.1, 0.15) is 35.1 Å². The van der Waals surface area contributed by atoms with E-state index < -0.39 is 0 Å². The number of aromatic nitrogens is 4. The second-order valence-electron chi connectivity index (χ2n) is 4.38. The molecule has 6 nitrogen and oxygen atoms in total. The molecule has 96 valence electrons. The summed E-state index contributed by atoms with van der Waals surface area (Å²) in [5.41, 5.74) is 1.20. The van der Waals surface area contributed by atoms with Crippen LogP contribution in [-0.2, 0) is 0 Å². The maximum atomic E-state index is 12.4. The van der Waals surface area contributed by atoms with E-state index in [0.717, 1.165) is 25.1 Å². The van der Waals surface area contributed by atoms with Crippen LogP contribution in [0, 0.1) is 0 Å². The summed E-state index contributed by atoms with van der Waals surface area (Å²) in [6.07, 6.45) is 11.5. The Morgan fingerprint density at radius 2 is 1.89 bits per heavy atom. The van der Waals surface area contributed by atoms with Gasteiger partial charge in [0.25, 0.3) is 5.91 Å². The van der Waals surface area contributed by atoms with Crippen molar-refractivity contribution in [1.82, 2.24) is 24.8 Å². The topological polar surface area (TPSA) is 71.9 Å². The fourth-order valence-electron chi connectivity index (χ4n) is 2.36. The lowest BCUT2D eigenvalue weighted by Gasteiger charge is -2.23. The highest BCUT2D eigenvalue weighted by Crippen LogP contribution is 2.31. The monoisotopic (exact) mass is 255 g/mol. The van der Waals surface area contributed by atoms with Crippen LogP contribution < -0.4 is 0 Å². The van der Waals surface area contributed by atoms with E-state index in [-0.39, 0.29) is 11.9 Å². The summed E-state index contributed by atoms with van der Waals surface area (Å²) in [5.74, 6) is -0.0961. The van der Waals surface area contributed by atoms with Crippen LogP contribution in [0.4, 0.5) is 0 Å². The molecule has 6 heteroatoms. The first-order valence-electron chi connectivity index (χ1n) is 6.19. The molecule has 1 aliphatic rings. The molecular weight excluding hydrogens is 242 g/mol. The molecule has 1 aliphatic heterocycles. The fourth-order valence-corrected chi connectivity index (χ4v) is 2.36. The van der Waals surface area contributed by atoms with Gasteiger partial charge in [-0.3, -0.25) is 19.7 Å². The molecule has 0 N–H and O–H groups in total. The van der Waals surface area contributed by atoms with Gasteiger partial charge in [-0.05, 0) is 12.8 Å². The zero-order chi connectivity index (χ0) is 13.1. The number of likely N-dealkylation sites (tertiary alicyclic amines) is 1. The van der Waals surface area contributed by atoms with Crippen molar-refractivity contribution in [2.75, 3.05) is 6.54 Å². The summed E-state index contributed by atoms with van der Waals surface area (Å²) in [6, 6.07) is -0.0109. The first-order valence-corrected chi connectivity index (χ1v) is 6.19. The lowest BCUT2D eigenvalue weighted by Crippen LogP contribution is -2.31. The molecule has 1 fully saturated rings. The highest BCUT2D eigenvalue weighted by molar-refractivity contribution is 5.92. The van der Waals surface area contributed by atoms with Gasteiger partial charge in [0.2, 0.25) is 0 Å². The van der Waals surface area contributed by atoms with Crippen molar-refractivity contribution in [3.63, 3.8) is 0 Å². The minimum atomic E-state index is -0.0961. The summed E-state index contributed by atoms with van der Waals surface area (Å²) in [5, 5.41) is 0. The normalized spacial score (nSPS) is 18.5. The minimum absolute atomic E-state index is 0.0109. The van der Waals surface area contributed by atoms with E-state index in [2.05, 4.69) is 19.9 Å². The van der Waals surface area contributed by atoms with E-state index >= 15 is 0 Å². The Balaban J connectivity index is 1.86. The molecule has 0 aromatic carbocycles. The van der Waals surface area contributed by atoms with Crippen molar-refractivity contribution in [3.8, 4) is 0 Å². The van der Waals surface area contributed by atoms with Crippen molar-refractivity contribution >= 4 is 5.91 Å². The zero-order valence-corrected chi connectivity index (χ0v) is 10.3. The van der Waals surface area contributed by atoms with Gasteiger partial charge in [-0.1, -0.05) is 0 Å². The van der Waals surface area contributed by atoms with Crippen LogP contribution in [0.25, 0.3) is 0 Å². The van der Waals surface area contributed by atoms with Crippen molar-refractivity contribution in [1.29, 1.82) is 0 Å². The van der Waals surface area contributed by atoms with E-state index in [1.54, 1.807) is 29.7 Å². The van der Waals surface area contributed by atoms with E-state index in [4.69, 9.17) is 0 Å². The number of hydrogen-bond donors (Lipinski definition) is 0. The third-order valence-corrected chi connectivity index (χ3v) is 3.22. The van der Waals surface area contributed by atoms with Crippen molar-refractivity contribution in [2.24, 2.45) is 0 Å². The standard InChI is InChI=1S/C13H13N5O/c19-13(11-9-15-4-6-17-11)18-7-1-2-12(18)10-8-14-3-5-16-10/h3-6,8-9,12H,1-2,7H2/t12-/m0/s1. The van der Waals surface area contributed by atoms with E-state index in [9.17, 15) is 4.79 Å². The summed E-state index contributed by atoms with van der Waals surface area (Å²) in [6.45, 7) is 0.719. The highest BCUT2D eigenvalue weighted by Gasteiger charge is 2.32. The Morgan fingerprint density at radius 1 is 1.11 bits per heavy atom. The van der Waals surface area contributed by atoms with Gasteiger partial charge in [0.15, 0.2) is 0 Å². The SMILES string of the molecule is O=C(c1cnccn1)N1CCC[C@H]1c1cnccn1. The molecule has 3 heterocycles. The van der Waals surface area contributed by atoms with E-state index in [0.29, 0.717) is 5.69 Å². The predicted molar refractivity (Wildman–Crippen MR) is 67.1 cm³/mol. The summed E-state index contributed by atoms with van der Waals surface area (Å²) < 4.78 is 0. The summed E-state index contributed by atoms with van der Waals surface area (Å²) >= 11 is 0. The Bertz CT molecular complexity index is 560. The van der Waals surface area contributed by atoms with Crippen LogP contribution in [-0.4, -0.2) is 37.3 Å². The van der Waals surface area contributed by atoms with Gasteiger partial charge in [0.1, 0.15) is 5.69 Å². The number of nitrogens with zero attached hydrogens (tertiary/aromatic N) is 5. The van der Waals surface area contributed by atoms with E-state index in [1.807, 2.05) is 0 Å². The lowest BCUT2D eigenvalue weighted by atomic mass is 10.1. The molecule has 1 amide bonds. The highest BCUT2D eigenvalue weighted by atomic mass is 16.2. The minimum Gasteiger partial charge on any atom is -0.329 e. The average molecular weight is 255 g/mol. The predicted octanol–water partition coefficient (Wildman–Crippen LogP) is 1.24. The van der Waals surface area contributed by atoms with Crippen LogP contribution >= 0.6 is 0 Å². The molecule has 1 saturated heterocycles. The first kappa shape index (κ1) is 11.7. The van der Waals surface area contributed by atoms with Gasteiger partial charge in [-0.25, -0.2) is 4.98 Å². The Labute approximate surface area is 110 Å². The number of rotatable bonds is 2. The second kappa shape index (κ2) is 5.09. The van der Waals surface area contributed by atoms with E-state index in [1.165, 1.54) is 12.4 Å². The van der Waals surface area contributed by atoms with Crippen LogP contribution in [0.2, 0.25) is 0 Å². The third-order valence-electron chi connectivity index (χ3n) is 3.22. The molecule has 0 unspecified atom stereocenters. The maximum absolute atomic E-state index is 12.4. The molecule has 2 aromatic rings. The average Bonchev–Trinajstić information content (AvgIpc) is 2.98. The second-order valence-corrected chi connectivity index (χ2v) is 4.38. The zero-order valence-electron chi connectivity index (χ0n) is 10.3. The molecule has 0 bridgehead atoms. The van der Waals surface area contributed by atoms with Gasteiger partial charge in [-0.15, -0.1) is 0 Å². The summed E-state index contributed by atoms with van der Waals surface area (Å²) in [4.78, 5) is 30.6. The molecule has 0 saturated carbocycles. The van der Waals surface area contributed by atoms with Crippen molar-refractivity contribution in [2.45, 2.75) is 18.9 Å². The Morgan fingerprint density at radius 3 is 2.58 bits per heavy atom. The number of amides is 1. The van der Waals surface area contributed by atoms with Crippen LogP contribution in [0.15, 0.2) is 37.2 Å². The summed E-state index contributed by atoms with van der Waals surface area (Å²) in [7, 11) is 0. The Hall–Kier alpha value is -2.37. The van der Waals surface area contributed by atoms with Crippen LogP contribution in [0.5, 0.6) is 0 Å². The van der Waals surface area contributed by atoms with Gasteiger partial charge >= 0.3 is 0 Å². The molecule has 1 atom stereocenters. The number of carbonyl (C=O) groups excluding carboxylic acids is 1. The van der Waals surface area contributed by atoms with Gasteiger partial charge < -0.3 is 4.90 Å². The van der Waals surface area contributed by atoms with Crippen molar-refractivity contribution < 1.29 is 4.79 Å². The van der Waals surface area contributed by atoms with Crippen LogP contribution in [0.3, 0.4) is 0 Å². The number of hydrogen-bond acceptors (Lipinski definition) is 5. The molecule has 19 heavy (non-hydrogen) atoms. The molecule has 0 radical (unpaired) electrons. The molecule has 0 spiro atoms. The van der Waals surface area contributed by atoms with Gasteiger partial charge in [0, 0.05) is 31.3 Å². The van der Waals surface area contributed by atoms with Gasteiger partial charge in [0.05, 0.1) is 24.1 Å². The molecule has 3 rings (SSSR count). The number of carbonyl (C=O) groups is 1. The lowest BCUT2D eigenvalue weighted by molar-refractivity contribution is 0.0726. The first-order chi connectivity index (χ1) is 9.36. The van der Waals surface area contributed by atoms with Crippen molar-refractivity contribution in [3.05, 3.63) is 48.6 Å². The molecule has 2 aromatic heterocycles. The maximum Gasteiger partial charge on any atom is 0.274 e.